The average Bonchev–Trinajstić information content (AvgIpc) is 2.64. The van der Waals surface area contributed by atoms with Crippen LogP contribution in [0.1, 0.15) is 11.1 Å². The SMILES string of the molecule is Cc1ccc(S(=O)(=O)Nc2ccc(N=Nc3ccccc3)cc2)cc1C. The molecule has 26 heavy (non-hydrogen) atoms. The van der Waals surface area contributed by atoms with E-state index in [-0.39, 0.29) is 4.90 Å². The monoisotopic (exact) mass is 365 g/mol. The summed E-state index contributed by atoms with van der Waals surface area (Å²) >= 11 is 0. The molecule has 0 aliphatic heterocycles. The Balaban J connectivity index is 1.74. The number of aryl methyl sites for hydroxylation is 2. The Morgan fingerprint density at radius 1 is 0.731 bits per heavy atom. The topological polar surface area (TPSA) is 70.9 Å². The van der Waals surface area contributed by atoms with Gasteiger partial charge in [-0.1, -0.05) is 24.3 Å². The lowest BCUT2D eigenvalue weighted by Crippen LogP contribution is -2.13. The maximum Gasteiger partial charge on any atom is 0.261 e. The summed E-state index contributed by atoms with van der Waals surface area (Å²) in [4.78, 5) is 0.244. The first-order valence-electron chi connectivity index (χ1n) is 8.11. The molecule has 1 N–H and O–H groups in total. The second kappa shape index (κ2) is 7.49. The highest BCUT2D eigenvalue weighted by Gasteiger charge is 2.14. The van der Waals surface area contributed by atoms with Crippen molar-refractivity contribution in [1.29, 1.82) is 0 Å². The van der Waals surface area contributed by atoms with Gasteiger partial charge in [0.25, 0.3) is 10.0 Å². The molecular formula is C20H19N3O2S. The quantitative estimate of drug-likeness (QED) is 0.605. The van der Waals surface area contributed by atoms with Crippen LogP contribution in [-0.2, 0) is 10.0 Å². The smallest absolute Gasteiger partial charge is 0.261 e. The van der Waals surface area contributed by atoms with Crippen LogP contribution < -0.4 is 4.72 Å². The Labute approximate surface area is 153 Å². The molecule has 3 aromatic carbocycles. The predicted octanol–water partition coefficient (Wildman–Crippen LogP) is 5.52. The molecule has 0 saturated carbocycles. The molecule has 0 spiro atoms. The van der Waals surface area contributed by atoms with Crippen molar-refractivity contribution in [3.05, 3.63) is 83.9 Å². The number of benzene rings is 3. The highest BCUT2D eigenvalue weighted by molar-refractivity contribution is 7.92. The third-order valence-corrected chi connectivity index (χ3v) is 5.32. The maximum absolute atomic E-state index is 12.5. The largest absolute Gasteiger partial charge is 0.280 e. The molecule has 0 aliphatic carbocycles. The van der Waals surface area contributed by atoms with Crippen LogP contribution in [0.15, 0.2) is 87.9 Å². The van der Waals surface area contributed by atoms with E-state index in [2.05, 4.69) is 15.0 Å². The van der Waals surface area contributed by atoms with Crippen LogP contribution in [0.4, 0.5) is 17.1 Å². The van der Waals surface area contributed by atoms with E-state index < -0.39 is 10.0 Å². The van der Waals surface area contributed by atoms with Crippen molar-refractivity contribution in [2.45, 2.75) is 18.7 Å². The Kier molecular flexibility index (Phi) is 5.14. The van der Waals surface area contributed by atoms with Crippen molar-refractivity contribution >= 4 is 27.1 Å². The van der Waals surface area contributed by atoms with E-state index in [1.165, 1.54) is 0 Å². The Bertz CT molecular complexity index is 1030. The second-order valence-corrected chi connectivity index (χ2v) is 7.62. The zero-order chi connectivity index (χ0) is 18.6. The van der Waals surface area contributed by atoms with E-state index in [9.17, 15) is 8.42 Å². The molecule has 0 heterocycles. The summed E-state index contributed by atoms with van der Waals surface area (Å²) in [5, 5.41) is 8.27. The van der Waals surface area contributed by atoms with Crippen molar-refractivity contribution < 1.29 is 8.42 Å². The first-order valence-corrected chi connectivity index (χ1v) is 9.59. The standard InChI is InChI=1S/C20H19N3O2S/c1-15-8-13-20(14-16(15)2)26(24,25)23-19-11-9-18(10-12-19)22-21-17-6-4-3-5-7-17/h3-14,23H,1-2H3. The lowest BCUT2D eigenvalue weighted by Gasteiger charge is -2.09. The summed E-state index contributed by atoms with van der Waals surface area (Å²) in [5.74, 6) is 0. The average molecular weight is 365 g/mol. The molecule has 0 bridgehead atoms. The van der Waals surface area contributed by atoms with E-state index in [1.807, 2.05) is 44.2 Å². The number of hydrogen-bond donors (Lipinski definition) is 1. The molecule has 0 aromatic heterocycles. The van der Waals surface area contributed by atoms with E-state index in [4.69, 9.17) is 0 Å². The molecule has 0 fully saturated rings. The van der Waals surface area contributed by atoms with Gasteiger partial charge in [-0.3, -0.25) is 4.72 Å². The minimum atomic E-state index is -3.62. The van der Waals surface area contributed by atoms with Gasteiger partial charge in [0.15, 0.2) is 0 Å². The van der Waals surface area contributed by atoms with Gasteiger partial charge >= 0.3 is 0 Å². The zero-order valence-corrected chi connectivity index (χ0v) is 15.4. The Morgan fingerprint density at radius 2 is 1.35 bits per heavy atom. The van der Waals surface area contributed by atoms with E-state index in [1.54, 1.807) is 42.5 Å². The van der Waals surface area contributed by atoms with Gasteiger partial charge in [-0.25, -0.2) is 8.42 Å². The minimum Gasteiger partial charge on any atom is -0.280 e. The van der Waals surface area contributed by atoms with E-state index in [0.29, 0.717) is 11.4 Å². The zero-order valence-electron chi connectivity index (χ0n) is 14.5. The van der Waals surface area contributed by atoms with Gasteiger partial charge < -0.3 is 0 Å². The van der Waals surface area contributed by atoms with Crippen molar-refractivity contribution in [1.82, 2.24) is 0 Å². The Hall–Kier alpha value is -2.99. The third kappa shape index (κ3) is 4.34. The molecule has 3 rings (SSSR count). The fourth-order valence-electron chi connectivity index (χ4n) is 2.30. The van der Waals surface area contributed by atoms with Crippen LogP contribution in [0.25, 0.3) is 0 Å². The fourth-order valence-corrected chi connectivity index (χ4v) is 3.44. The second-order valence-electron chi connectivity index (χ2n) is 5.93. The van der Waals surface area contributed by atoms with Gasteiger partial charge in [-0.05, 0) is 73.5 Å². The highest BCUT2D eigenvalue weighted by Crippen LogP contribution is 2.22. The van der Waals surface area contributed by atoms with Crippen LogP contribution in [0, 0.1) is 13.8 Å². The molecular weight excluding hydrogens is 346 g/mol. The number of anilines is 1. The summed E-state index contributed by atoms with van der Waals surface area (Å²) in [6, 6.07) is 21.2. The maximum atomic E-state index is 12.5. The number of nitrogens with one attached hydrogen (secondary N) is 1. The van der Waals surface area contributed by atoms with Crippen LogP contribution in [0.2, 0.25) is 0 Å². The van der Waals surface area contributed by atoms with Crippen LogP contribution in [0.5, 0.6) is 0 Å². The fraction of sp³-hybridized carbons (Fsp3) is 0.100. The first kappa shape index (κ1) is 17.8. The summed E-state index contributed by atoms with van der Waals surface area (Å²) in [6.07, 6.45) is 0. The van der Waals surface area contributed by atoms with Crippen LogP contribution in [0.3, 0.4) is 0 Å². The summed E-state index contributed by atoms with van der Waals surface area (Å²) in [7, 11) is -3.62. The molecule has 5 nitrogen and oxygen atoms in total. The van der Waals surface area contributed by atoms with Crippen LogP contribution >= 0.6 is 0 Å². The Morgan fingerprint density at radius 3 is 1.96 bits per heavy atom. The van der Waals surface area contributed by atoms with Gasteiger partial charge in [-0.2, -0.15) is 10.2 Å². The van der Waals surface area contributed by atoms with E-state index in [0.717, 1.165) is 16.8 Å². The van der Waals surface area contributed by atoms with Gasteiger partial charge in [0.05, 0.1) is 16.3 Å². The van der Waals surface area contributed by atoms with Gasteiger partial charge in [0.1, 0.15) is 0 Å². The van der Waals surface area contributed by atoms with Gasteiger partial charge in [-0.15, -0.1) is 0 Å². The van der Waals surface area contributed by atoms with E-state index >= 15 is 0 Å². The summed E-state index contributed by atoms with van der Waals surface area (Å²) in [6.45, 7) is 3.84. The van der Waals surface area contributed by atoms with Crippen LogP contribution in [-0.4, -0.2) is 8.42 Å². The number of nitrogens with zero attached hydrogens (tertiary/aromatic N) is 2. The molecule has 132 valence electrons. The molecule has 0 saturated heterocycles. The molecule has 0 aliphatic rings. The molecule has 0 amide bonds. The van der Waals surface area contributed by atoms with Crippen molar-refractivity contribution in [2.75, 3.05) is 4.72 Å². The number of hydrogen-bond acceptors (Lipinski definition) is 4. The van der Waals surface area contributed by atoms with Gasteiger partial charge in [0.2, 0.25) is 0 Å². The van der Waals surface area contributed by atoms with Gasteiger partial charge in [0, 0.05) is 5.69 Å². The predicted molar refractivity (Wildman–Crippen MR) is 104 cm³/mol. The summed E-state index contributed by atoms with van der Waals surface area (Å²) in [5.41, 5.74) is 3.86. The number of azo groups is 1. The number of rotatable bonds is 5. The normalized spacial score (nSPS) is 11.6. The van der Waals surface area contributed by atoms with Crippen molar-refractivity contribution in [3.8, 4) is 0 Å². The first-order chi connectivity index (χ1) is 12.4. The minimum absolute atomic E-state index is 0.244. The molecule has 6 heteroatoms. The molecule has 0 radical (unpaired) electrons. The number of sulfonamides is 1. The molecule has 0 unspecified atom stereocenters. The molecule has 0 atom stereocenters. The van der Waals surface area contributed by atoms with Crippen molar-refractivity contribution in [2.24, 2.45) is 10.2 Å². The molecule has 3 aromatic rings. The lowest BCUT2D eigenvalue weighted by molar-refractivity contribution is 0.601. The third-order valence-electron chi connectivity index (χ3n) is 3.95. The highest BCUT2D eigenvalue weighted by atomic mass is 32.2. The summed E-state index contributed by atoms with van der Waals surface area (Å²) < 4.78 is 27.6. The van der Waals surface area contributed by atoms with Crippen molar-refractivity contribution in [3.63, 3.8) is 0 Å². The lowest BCUT2D eigenvalue weighted by atomic mass is 10.1.